The Morgan fingerprint density at radius 1 is 1.17 bits per heavy atom. The molecular weight excluding hydrogens is 370 g/mol. The molecule has 3 amide bonds. The van der Waals surface area contributed by atoms with Crippen LogP contribution in [0.3, 0.4) is 0 Å². The minimum absolute atomic E-state index is 0.141. The van der Waals surface area contributed by atoms with Gasteiger partial charge in [-0.2, -0.15) is 0 Å². The Balaban J connectivity index is 1.61. The van der Waals surface area contributed by atoms with E-state index >= 15 is 0 Å². The van der Waals surface area contributed by atoms with Crippen LogP contribution in [0.2, 0.25) is 0 Å². The van der Waals surface area contributed by atoms with Crippen molar-refractivity contribution in [1.29, 1.82) is 0 Å². The Morgan fingerprint density at radius 2 is 1.83 bits per heavy atom. The number of ether oxygens (including phenoxy) is 1. The molecule has 158 valence electrons. The van der Waals surface area contributed by atoms with Crippen LogP contribution < -0.4 is 5.32 Å². The van der Waals surface area contributed by atoms with Crippen LogP contribution in [0.15, 0.2) is 24.3 Å². The lowest BCUT2D eigenvalue weighted by atomic mass is 9.87. The molecule has 0 bridgehead atoms. The summed E-state index contributed by atoms with van der Waals surface area (Å²) in [7, 11) is 0. The zero-order chi connectivity index (χ0) is 21.0. The van der Waals surface area contributed by atoms with Crippen LogP contribution in [0.1, 0.15) is 56.0 Å². The van der Waals surface area contributed by atoms with Crippen molar-refractivity contribution < 1.29 is 19.1 Å². The van der Waals surface area contributed by atoms with Crippen molar-refractivity contribution >= 4 is 17.9 Å². The largest absolute Gasteiger partial charge is 0.462 e. The maximum atomic E-state index is 13.1. The van der Waals surface area contributed by atoms with E-state index in [-0.39, 0.29) is 24.5 Å². The lowest BCUT2D eigenvalue weighted by Crippen LogP contribution is -2.55. The number of hydrogen-bond acceptors (Lipinski definition) is 5. The number of benzene rings is 1. The first-order valence-corrected chi connectivity index (χ1v) is 10.5. The molecule has 0 radical (unpaired) electrons. The summed E-state index contributed by atoms with van der Waals surface area (Å²) < 4.78 is 5.12. The van der Waals surface area contributed by atoms with Crippen molar-refractivity contribution in [3.63, 3.8) is 0 Å². The molecule has 0 atom stereocenters. The first-order chi connectivity index (χ1) is 13.8. The van der Waals surface area contributed by atoms with Gasteiger partial charge < -0.3 is 15.0 Å². The number of esters is 1. The molecule has 7 heteroatoms. The molecule has 0 aromatic heterocycles. The highest BCUT2D eigenvalue weighted by atomic mass is 16.5. The van der Waals surface area contributed by atoms with Crippen molar-refractivity contribution in [1.82, 2.24) is 15.1 Å². The van der Waals surface area contributed by atoms with Crippen LogP contribution in [-0.2, 0) is 16.1 Å². The second-order valence-electron chi connectivity index (χ2n) is 8.43. The van der Waals surface area contributed by atoms with Crippen molar-refractivity contribution in [3.8, 4) is 0 Å². The monoisotopic (exact) mass is 401 g/mol. The number of rotatable bonds is 7. The highest BCUT2D eigenvalue weighted by Gasteiger charge is 2.52. The van der Waals surface area contributed by atoms with E-state index in [0.717, 1.165) is 31.6 Å². The van der Waals surface area contributed by atoms with E-state index in [9.17, 15) is 14.4 Å². The van der Waals surface area contributed by atoms with E-state index in [2.05, 4.69) is 24.1 Å². The molecule has 2 aliphatic heterocycles. The zero-order valence-corrected chi connectivity index (χ0v) is 17.6. The third-order valence-electron chi connectivity index (χ3n) is 5.55. The van der Waals surface area contributed by atoms with E-state index in [1.165, 1.54) is 4.90 Å². The third-order valence-corrected chi connectivity index (χ3v) is 5.55. The van der Waals surface area contributed by atoms with Crippen LogP contribution in [0.4, 0.5) is 4.79 Å². The fraction of sp³-hybridized carbons (Fsp3) is 0.591. The summed E-state index contributed by atoms with van der Waals surface area (Å²) in [6.45, 7) is 9.53. The molecule has 7 nitrogen and oxygen atoms in total. The first kappa shape index (κ1) is 21.3. The van der Waals surface area contributed by atoms with Crippen LogP contribution in [-0.4, -0.2) is 59.5 Å². The minimum Gasteiger partial charge on any atom is -0.462 e. The van der Waals surface area contributed by atoms with Gasteiger partial charge >= 0.3 is 12.0 Å². The molecule has 2 aliphatic rings. The molecule has 1 N–H and O–H groups in total. The zero-order valence-electron chi connectivity index (χ0n) is 17.6. The number of urea groups is 1. The van der Waals surface area contributed by atoms with Crippen LogP contribution in [0.5, 0.6) is 0 Å². The SMILES string of the molecule is CCCOC(=O)c1ccc(CN2C(=O)NC3(CCN(CC(C)C)CC3)C2=O)cc1. The summed E-state index contributed by atoms with van der Waals surface area (Å²) in [5, 5.41) is 2.95. The van der Waals surface area contributed by atoms with Gasteiger partial charge in [-0.25, -0.2) is 9.59 Å². The van der Waals surface area contributed by atoms with Crippen molar-refractivity contribution in [2.75, 3.05) is 26.2 Å². The summed E-state index contributed by atoms with van der Waals surface area (Å²) in [6, 6.07) is 6.54. The van der Waals surface area contributed by atoms with Gasteiger partial charge in [-0.1, -0.05) is 32.9 Å². The number of piperidine rings is 1. The fourth-order valence-electron chi connectivity index (χ4n) is 4.00. The average molecular weight is 402 g/mol. The highest BCUT2D eigenvalue weighted by Crippen LogP contribution is 2.30. The van der Waals surface area contributed by atoms with Gasteiger partial charge in [0.25, 0.3) is 5.91 Å². The number of nitrogens with one attached hydrogen (secondary N) is 1. The molecule has 2 heterocycles. The van der Waals surface area contributed by atoms with Gasteiger partial charge in [0.2, 0.25) is 0 Å². The lowest BCUT2D eigenvalue weighted by Gasteiger charge is -2.38. The van der Waals surface area contributed by atoms with E-state index in [1.54, 1.807) is 24.3 Å². The van der Waals surface area contributed by atoms with Crippen molar-refractivity contribution in [2.24, 2.45) is 5.92 Å². The quantitative estimate of drug-likeness (QED) is 0.561. The van der Waals surface area contributed by atoms with Gasteiger partial charge in [0.15, 0.2) is 0 Å². The summed E-state index contributed by atoms with van der Waals surface area (Å²) in [5.41, 5.74) is 0.497. The molecule has 2 fully saturated rings. The standard InChI is InChI=1S/C22H31N3O4/c1-4-13-29-19(26)18-7-5-17(6-8-18)15-25-20(27)22(23-21(25)28)9-11-24(12-10-22)14-16(2)3/h5-8,16H,4,9-15H2,1-3H3,(H,23,28). The Bertz CT molecular complexity index is 752. The van der Waals surface area contributed by atoms with Gasteiger partial charge in [0, 0.05) is 19.6 Å². The number of amides is 3. The van der Waals surface area contributed by atoms with Crippen LogP contribution >= 0.6 is 0 Å². The second-order valence-corrected chi connectivity index (χ2v) is 8.43. The number of carbonyl (C=O) groups is 3. The summed E-state index contributed by atoms with van der Waals surface area (Å²) in [5.74, 6) is 0.0790. The Kier molecular flexibility index (Phi) is 6.57. The highest BCUT2D eigenvalue weighted by molar-refractivity contribution is 6.07. The summed E-state index contributed by atoms with van der Waals surface area (Å²) in [6.07, 6.45) is 2.05. The minimum atomic E-state index is -0.769. The number of imide groups is 1. The smallest absolute Gasteiger partial charge is 0.338 e. The van der Waals surface area contributed by atoms with Gasteiger partial charge in [0.05, 0.1) is 18.7 Å². The van der Waals surface area contributed by atoms with Gasteiger partial charge in [0.1, 0.15) is 5.54 Å². The molecular formula is C22H31N3O4. The molecule has 2 saturated heterocycles. The molecule has 0 aliphatic carbocycles. The van der Waals surface area contributed by atoms with Crippen molar-refractivity contribution in [2.45, 2.75) is 52.1 Å². The van der Waals surface area contributed by atoms with Gasteiger partial charge in [-0.15, -0.1) is 0 Å². The predicted molar refractivity (Wildman–Crippen MR) is 109 cm³/mol. The lowest BCUT2D eigenvalue weighted by molar-refractivity contribution is -0.133. The fourth-order valence-corrected chi connectivity index (χ4v) is 4.00. The first-order valence-electron chi connectivity index (χ1n) is 10.5. The second kappa shape index (κ2) is 8.95. The molecule has 0 saturated carbocycles. The van der Waals surface area contributed by atoms with Crippen LogP contribution in [0, 0.1) is 5.92 Å². The maximum absolute atomic E-state index is 13.1. The third kappa shape index (κ3) is 4.78. The number of nitrogens with zero attached hydrogens (tertiary/aromatic N) is 2. The Hall–Kier alpha value is -2.41. The summed E-state index contributed by atoms with van der Waals surface area (Å²) in [4.78, 5) is 41.1. The van der Waals surface area contributed by atoms with E-state index in [0.29, 0.717) is 30.9 Å². The molecule has 0 unspecified atom stereocenters. The van der Waals surface area contributed by atoms with Crippen molar-refractivity contribution in [3.05, 3.63) is 35.4 Å². The number of carbonyl (C=O) groups excluding carboxylic acids is 3. The number of hydrogen-bond donors (Lipinski definition) is 1. The van der Waals surface area contributed by atoms with Gasteiger partial charge in [-0.05, 0) is 42.9 Å². The van der Waals surface area contributed by atoms with E-state index in [4.69, 9.17) is 4.74 Å². The average Bonchev–Trinajstić information content (AvgIpc) is 2.92. The number of likely N-dealkylation sites (tertiary alicyclic amines) is 1. The molecule has 3 rings (SSSR count). The van der Waals surface area contributed by atoms with Crippen LogP contribution in [0.25, 0.3) is 0 Å². The van der Waals surface area contributed by atoms with E-state index in [1.807, 2.05) is 6.92 Å². The summed E-state index contributed by atoms with van der Waals surface area (Å²) >= 11 is 0. The van der Waals surface area contributed by atoms with Gasteiger partial charge in [-0.3, -0.25) is 9.69 Å². The topological polar surface area (TPSA) is 79.0 Å². The normalized spacial score (nSPS) is 19.1. The molecule has 1 aromatic carbocycles. The Morgan fingerprint density at radius 3 is 2.41 bits per heavy atom. The maximum Gasteiger partial charge on any atom is 0.338 e. The molecule has 29 heavy (non-hydrogen) atoms. The molecule has 1 spiro atoms. The Labute approximate surface area is 172 Å². The molecule has 1 aromatic rings. The predicted octanol–water partition coefficient (Wildman–Crippen LogP) is 2.80. The van der Waals surface area contributed by atoms with E-state index < -0.39 is 5.54 Å².